The predicted octanol–water partition coefficient (Wildman–Crippen LogP) is 4.81. The molecule has 1 heteroatoms. The average molecular weight is 239 g/mol. The fourth-order valence-corrected chi connectivity index (χ4v) is 2.59. The molecule has 0 bridgehead atoms. The van der Waals surface area contributed by atoms with Crippen molar-refractivity contribution in [3.63, 3.8) is 0 Å². The summed E-state index contributed by atoms with van der Waals surface area (Å²) in [6.07, 6.45) is 6.15. The van der Waals surface area contributed by atoms with Crippen LogP contribution >= 0.6 is 0 Å². The Hall–Kier alpha value is -1.63. The second kappa shape index (κ2) is 4.93. The third kappa shape index (κ3) is 2.31. The van der Waals surface area contributed by atoms with E-state index < -0.39 is 0 Å². The lowest BCUT2D eigenvalue weighted by Crippen LogP contribution is -1.91. The quantitative estimate of drug-likeness (QED) is 0.513. The van der Waals surface area contributed by atoms with Gasteiger partial charge in [0.25, 0.3) is 0 Å². The summed E-state index contributed by atoms with van der Waals surface area (Å²) in [6.45, 7) is 2.11. The van der Waals surface area contributed by atoms with Crippen molar-refractivity contribution in [3.8, 4) is 11.3 Å². The fraction of sp³-hybridized carbons (Fsp3) is 0.353. The highest BCUT2D eigenvalue weighted by atomic mass is 16.3. The second-order valence-electron chi connectivity index (χ2n) is 5.17. The number of hydrogen-bond acceptors (Lipinski definition) is 0. The normalized spacial score (nSPS) is 14.9. The Morgan fingerprint density at radius 3 is 2.44 bits per heavy atom. The molecule has 0 amide bonds. The van der Waals surface area contributed by atoms with Crippen LogP contribution in [0.2, 0.25) is 0 Å². The molecule has 0 N–H and O–H groups in total. The maximum absolute atomic E-state index is 6.11. The van der Waals surface area contributed by atoms with Gasteiger partial charge in [0.15, 0.2) is 0 Å². The minimum absolute atomic E-state index is 0.996. The van der Waals surface area contributed by atoms with Crippen LogP contribution in [0.3, 0.4) is 0 Å². The Morgan fingerprint density at radius 2 is 1.61 bits per heavy atom. The van der Waals surface area contributed by atoms with Gasteiger partial charge < -0.3 is 0 Å². The van der Waals surface area contributed by atoms with Crippen molar-refractivity contribution in [3.05, 3.63) is 53.3 Å². The van der Waals surface area contributed by atoms with E-state index in [1.807, 2.05) is 0 Å². The molecule has 0 unspecified atom stereocenters. The van der Waals surface area contributed by atoms with Crippen LogP contribution < -0.4 is 0 Å². The molecule has 0 radical (unpaired) electrons. The Kier molecular flexibility index (Phi) is 3.14. The van der Waals surface area contributed by atoms with Gasteiger partial charge in [0.05, 0.1) is 17.5 Å². The van der Waals surface area contributed by atoms with Gasteiger partial charge in [0, 0.05) is 6.07 Å². The van der Waals surface area contributed by atoms with Crippen molar-refractivity contribution >= 4 is 0 Å². The SMILES string of the molecule is Cc1ccc(-c2ccc3c([o+]2)CCCCC3)cc1. The van der Waals surface area contributed by atoms with Gasteiger partial charge in [0.2, 0.25) is 0 Å². The van der Waals surface area contributed by atoms with Crippen molar-refractivity contribution in [2.45, 2.75) is 39.0 Å². The Balaban J connectivity index is 1.98. The van der Waals surface area contributed by atoms with Crippen LogP contribution in [0, 0.1) is 6.92 Å². The van der Waals surface area contributed by atoms with E-state index in [9.17, 15) is 0 Å². The fourth-order valence-electron chi connectivity index (χ4n) is 2.59. The largest absolute Gasteiger partial charge is 0.360 e. The molecule has 0 saturated heterocycles. The van der Waals surface area contributed by atoms with Crippen LogP contribution in [0.4, 0.5) is 0 Å². The summed E-state index contributed by atoms with van der Waals surface area (Å²) in [5.74, 6) is 2.20. The first-order chi connectivity index (χ1) is 8.83. The lowest BCUT2D eigenvalue weighted by atomic mass is 10.1. The second-order valence-corrected chi connectivity index (χ2v) is 5.17. The maximum atomic E-state index is 6.11. The van der Waals surface area contributed by atoms with E-state index in [0.717, 1.165) is 12.2 Å². The van der Waals surface area contributed by atoms with Crippen LogP contribution in [-0.4, -0.2) is 0 Å². The Bertz CT molecular complexity index is 540. The summed E-state index contributed by atoms with van der Waals surface area (Å²) in [7, 11) is 0. The number of rotatable bonds is 1. The summed E-state index contributed by atoms with van der Waals surface area (Å²) < 4.78 is 6.11. The minimum Gasteiger partial charge on any atom is -0.212 e. The molecule has 0 spiro atoms. The van der Waals surface area contributed by atoms with Crippen molar-refractivity contribution < 1.29 is 4.42 Å². The smallest absolute Gasteiger partial charge is 0.212 e. The first-order valence-electron chi connectivity index (χ1n) is 6.85. The van der Waals surface area contributed by atoms with Crippen LogP contribution in [0.5, 0.6) is 0 Å². The lowest BCUT2D eigenvalue weighted by molar-refractivity contribution is 0.497. The van der Waals surface area contributed by atoms with Crippen molar-refractivity contribution in [1.82, 2.24) is 0 Å². The highest BCUT2D eigenvalue weighted by Crippen LogP contribution is 2.27. The topological polar surface area (TPSA) is 11.3 Å². The summed E-state index contributed by atoms with van der Waals surface area (Å²) >= 11 is 0. The van der Waals surface area contributed by atoms with Gasteiger partial charge >= 0.3 is 11.5 Å². The van der Waals surface area contributed by atoms with Crippen LogP contribution in [0.1, 0.15) is 36.1 Å². The third-order valence-electron chi connectivity index (χ3n) is 3.71. The van der Waals surface area contributed by atoms with E-state index in [0.29, 0.717) is 0 Å². The van der Waals surface area contributed by atoms with E-state index in [1.165, 1.54) is 48.1 Å². The average Bonchev–Trinajstić information content (AvgIpc) is 2.64. The zero-order chi connectivity index (χ0) is 12.4. The monoisotopic (exact) mass is 239 g/mol. The van der Waals surface area contributed by atoms with Gasteiger partial charge in [-0.25, -0.2) is 4.42 Å². The van der Waals surface area contributed by atoms with Gasteiger partial charge in [-0.2, -0.15) is 0 Å². The molecule has 1 aliphatic carbocycles. The maximum Gasteiger partial charge on any atom is 0.360 e. The van der Waals surface area contributed by atoms with Crippen LogP contribution in [0.25, 0.3) is 11.3 Å². The van der Waals surface area contributed by atoms with E-state index in [2.05, 4.69) is 43.3 Å². The van der Waals surface area contributed by atoms with Crippen molar-refractivity contribution in [2.24, 2.45) is 0 Å². The van der Waals surface area contributed by atoms with E-state index in [4.69, 9.17) is 4.42 Å². The Labute approximate surface area is 108 Å². The standard InChI is InChI=1S/C17H19O/c1-13-7-9-15(10-8-13)17-12-11-14-5-3-2-4-6-16(14)18-17/h7-12H,2-6H2,1H3/q+1. The molecule has 18 heavy (non-hydrogen) atoms. The molecule has 92 valence electrons. The molecule has 3 rings (SSSR count). The summed E-state index contributed by atoms with van der Waals surface area (Å²) in [6, 6.07) is 12.9. The molecule has 1 heterocycles. The van der Waals surface area contributed by atoms with Gasteiger partial charge in [-0.15, -0.1) is 0 Å². The first-order valence-corrected chi connectivity index (χ1v) is 6.85. The zero-order valence-electron chi connectivity index (χ0n) is 10.9. The molecule has 0 fully saturated rings. The molecular weight excluding hydrogens is 220 g/mol. The molecule has 1 aliphatic rings. The molecular formula is C17H19O+. The predicted molar refractivity (Wildman–Crippen MR) is 74.5 cm³/mol. The van der Waals surface area contributed by atoms with Gasteiger partial charge in [0.1, 0.15) is 0 Å². The van der Waals surface area contributed by atoms with Gasteiger partial charge in [-0.1, -0.05) is 24.1 Å². The molecule has 0 atom stereocenters. The van der Waals surface area contributed by atoms with Crippen molar-refractivity contribution in [2.75, 3.05) is 0 Å². The summed E-state index contributed by atoms with van der Waals surface area (Å²) in [5.41, 5.74) is 3.87. The molecule has 0 aliphatic heterocycles. The van der Waals surface area contributed by atoms with Crippen LogP contribution in [0.15, 0.2) is 40.8 Å². The number of benzene rings is 1. The zero-order valence-corrected chi connectivity index (χ0v) is 10.9. The summed E-state index contributed by atoms with van der Waals surface area (Å²) in [4.78, 5) is 0. The van der Waals surface area contributed by atoms with Gasteiger partial charge in [-0.3, -0.25) is 0 Å². The van der Waals surface area contributed by atoms with Gasteiger partial charge in [-0.05, 0) is 44.4 Å². The first kappa shape index (κ1) is 11.5. The minimum atomic E-state index is 0.996. The highest BCUT2D eigenvalue weighted by molar-refractivity contribution is 5.57. The van der Waals surface area contributed by atoms with Crippen molar-refractivity contribution in [1.29, 1.82) is 0 Å². The van der Waals surface area contributed by atoms with E-state index in [1.54, 1.807) is 0 Å². The molecule has 2 aromatic rings. The molecule has 0 saturated carbocycles. The van der Waals surface area contributed by atoms with Crippen LogP contribution in [-0.2, 0) is 12.8 Å². The number of hydrogen-bond donors (Lipinski definition) is 0. The lowest BCUT2D eigenvalue weighted by Gasteiger charge is -1.97. The Morgan fingerprint density at radius 1 is 0.833 bits per heavy atom. The molecule has 1 aromatic heterocycles. The molecule has 1 aromatic carbocycles. The third-order valence-corrected chi connectivity index (χ3v) is 3.71. The number of fused-ring (bicyclic) bond motifs is 1. The van der Waals surface area contributed by atoms with E-state index in [-0.39, 0.29) is 0 Å². The number of aryl methyl sites for hydroxylation is 3. The highest BCUT2D eigenvalue weighted by Gasteiger charge is 2.21. The van der Waals surface area contributed by atoms with E-state index >= 15 is 0 Å². The summed E-state index contributed by atoms with van der Waals surface area (Å²) in [5, 5.41) is 0. The molecule has 1 nitrogen and oxygen atoms in total.